The van der Waals surface area contributed by atoms with Gasteiger partial charge in [0, 0.05) is 29.9 Å². The van der Waals surface area contributed by atoms with Gasteiger partial charge >= 0.3 is 11.9 Å². The maximum absolute atomic E-state index is 12.6. The largest absolute Gasteiger partial charge is 0.462 e. The number of esters is 1. The summed E-state index contributed by atoms with van der Waals surface area (Å²) in [6.07, 6.45) is 3.06. The van der Waals surface area contributed by atoms with E-state index >= 15 is 0 Å². The molecule has 2 atom stereocenters. The van der Waals surface area contributed by atoms with Crippen LogP contribution in [0.15, 0.2) is 54.0 Å². The number of aliphatic hydroxyl groups is 1. The Labute approximate surface area is 178 Å². The molecule has 0 spiro atoms. The number of hydrogen-bond acceptors (Lipinski definition) is 4. The summed E-state index contributed by atoms with van der Waals surface area (Å²) in [5, 5.41) is 13.3. The Morgan fingerprint density at radius 2 is 2.00 bits per heavy atom. The highest BCUT2D eigenvalue weighted by Gasteiger charge is 2.38. The van der Waals surface area contributed by atoms with Gasteiger partial charge in [-0.1, -0.05) is 35.9 Å². The molecule has 0 aliphatic carbocycles. The number of para-hydroxylation sites is 1. The molecule has 3 aromatic rings. The lowest BCUT2D eigenvalue weighted by molar-refractivity contribution is -0.384. The lowest BCUT2D eigenvalue weighted by Crippen LogP contribution is -2.67. The summed E-state index contributed by atoms with van der Waals surface area (Å²) in [4.78, 5) is 24.3. The van der Waals surface area contributed by atoms with E-state index in [0.717, 1.165) is 15.6 Å². The topological polar surface area (TPSA) is 97.8 Å². The third-order valence-electron chi connectivity index (χ3n) is 4.46. The van der Waals surface area contributed by atoms with Gasteiger partial charge in [-0.25, -0.2) is 0 Å². The minimum absolute atomic E-state index is 0.328. The van der Waals surface area contributed by atoms with E-state index in [2.05, 4.69) is 4.99 Å². The summed E-state index contributed by atoms with van der Waals surface area (Å²) in [6, 6.07) is 12.8. The minimum Gasteiger partial charge on any atom is -0.462 e. The highest BCUT2D eigenvalue weighted by Crippen LogP contribution is 2.54. The highest BCUT2D eigenvalue weighted by molar-refractivity contribution is 7.58. The van der Waals surface area contributed by atoms with Gasteiger partial charge < -0.3 is 14.7 Å². The zero-order valence-electron chi connectivity index (χ0n) is 16.8. The molecule has 2 aromatic carbocycles. The molecule has 1 aromatic heterocycles. The molecule has 6 nitrogen and oxygen atoms in total. The molecule has 8 heteroatoms. The Morgan fingerprint density at radius 3 is 2.70 bits per heavy atom. The third kappa shape index (κ3) is 5.05. The predicted molar refractivity (Wildman–Crippen MR) is 120 cm³/mol. The lowest BCUT2D eigenvalue weighted by Gasteiger charge is -2.14. The number of aliphatic hydroxyl groups excluding tert-OH is 1. The molecule has 0 fully saturated rings. The zero-order valence-corrected chi connectivity index (χ0v) is 18.5. The fourth-order valence-electron chi connectivity index (χ4n) is 3.17. The Hall–Kier alpha value is -2.73. The van der Waals surface area contributed by atoms with E-state index in [1.807, 2.05) is 25.1 Å². The molecule has 0 saturated carbocycles. The average molecular weight is 444 g/mol. The first kappa shape index (κ1) is 22.0. The molecule has 2 unspecified atom stereocenters. The lowest BCUT2D eigenvalue weighted by atomic mass is 10.1. The summed E-state index contributed by atoms with van der Waals surface area (Å²) in [5.74, 6) is -0.391. The Balaban J connectivity index is 1.97. The number of nitrogens with one attached hydrogen (secondary N) is 1. The second kappa shape index (κ2) is 8.96. The molecule has 0 aliphatic rings. The van der Waals surface area contributed by atoms with E-state index < -0.39 is 19.0 Å². The molecule has 30 heavy (non-hydrogen) atoms. The van der Waals surface area contributed by atoms with Crippen molar-refractivity contribution in [2.45, 2.75) is 19.5 Å². The first-order valence-electron chi connectivity index (χ1n) is 9.21. The second-order valence-corrected chi connectivity index (χ2v) is 10.3. The SMILES string of the molecule is CC(=O)Oc1ccccc1/C=C/[NH+]=C(O)C(c1csc2ccc(C)cc12)P(C)(=O)O. The fourth-order valence-corrected chi connectivity index (χ4v) is 5.49. The van der Waals surface area contributed by atoms with Crippen LogP contribution in [-0.4, -0.2) is 28.5 Å². The molecule has 0 saturated heterocycles. The van der Waals surface area contributed by atoms with Crippen molar-refractivity contribution in [3.63, 3.8) is 0 Å². The number of fused-ring (bicyclic) bond motifs is 1. The highest BCUT2D eigenvalue weighted by atomic mass is 32.1. The number of carbonyl (C=O) groups excluding carboxylic acids is 1. The molecular weight excluding hydrogens is 421 g/mol. The van der Waals surface area contributed by atoms with Crippen LogP contribution in [0.25, 0.3) is 16.2 Å². The van der Waals surface area contributed by atoms with Gasteiger partial charge in [-0.05, 0) is 35.4 Å². The molecule has 3 rings (SSSR count). The van der Waals surface area contributed by atoms with E-state index in [1.54, 1.807) is 35.7 Å². The van der Waals surface area contributed by atoms with Crippen molar-refractivity contribution < 1.29 is 29.1 Å². The maximum atomic E-state index is 12.6. The predicted octanol–water partition coefficient (Wildman–Crippen LogP) is 3.78. The molecule has 156 valence electrons. The average Bonchev–Trinajstić information content (AvgIpc) is 3.04. The number of ether oxygens (including phenoxy) is 1. The Bertz CT molecular complexity index is 1190. The number of carbonyl (C=O) groups is 1. The van der Waals surface area contributed by atoms with Gasteiger partial charge in [0.05, 0.1) is 0 Å². The van der Waals surface area contributed by atoms with Crippen LogP contribution in [0.5, 0.6) is 5.75 Å². The van der Waals surface area contributed by atoms with Gasteiger partial charge in [-0.2, -0.15) is 4.99 Å². The van der Waals surface area contributed by atoms with Crippen molar-refractivity contribution in [3.05, 3.63) is 70.7 Å². The van der Waals surface area contributed by atoms with E-state index in [1.165, 1.54) is 31.1 Å². The molecule has 0 amide bonds. The molecule has 0 radical (unpaired) electrons. The molecule has 1 heterocycles. The summed E-state index contributed by atoms with van der Waals surface area (Å²) in [7, 11) is -3.73. The third-order valence-corrected chi connectivity index (χ3v) is 6.92. The zero-order chi connectivity index (χ0) is 21.9. The molecule has 0 aliphatic heterocycles. The molecule has 3 N–H and O–H groups in total. The van der Waals surface area contributed by atoms with Crippen LogP contribution in [0.2, 0.25) is 0 Å². The van der Waals surface area contributed by atoms with Crippen LogP contribution in [0.4, 0.5) is 0 Å². The smallest absolute Gasteiger partial charge is 0.355 e. The van der Waals surface area contributed by atoms with Crippen molar-refractivity contribution in [1.29, 1.82) is 0 Å². The first-order valence-corrected chi connectivity index (χ1v) is 12.3. The van der Waals surface area contributed by atoms with E-state index in [4.69, 9.17) is 4.74 Å². The van der Waals surface area contributed by atoms with E-state index in [-0.39, 0.29) is 5.90 Å². The Morgan fingerprint density at radius 1 is 1.27 bits per heavy atom. The fraction of sp³-hybridized carbons (Fsp3) is 0.182. The van der Waals surface area contributed by atoms with Crippen LogP contribution in [0.3, 0.4) is 0 Å². The molecule has 0 bridgehead atoms. The van der Waals surface area contributed by atoms with Crippen LogP contribution in [0, 0.1) is 6.92 Å². The number of rotatable bonds is 6. The Kier molecular flexibility index (Phi) is 6.56. The second-order valence-electron chi connectivity index (χ2n) is 7.03. The van der Waals surface area contributed by atoms with Crippen LogP contribution >= 0.6 is 18.7 Å². The summed E-state index contributed by atoms with van der Waals surface area (Å²) in [5.41, 5.74) is 1.16. The number of aryl methyl sites for hydroxylation is 1. The van der Waals surface area contributed by atoms with Gasteiger partial charge in [-0.3, -0.25) is 9.36 Å². The van der Waals surface area contributed by atoms with E-state index in [0.29, 0.717) is 16.9 Å². The van der Waals surface area contributed by atoms with Crippen molar-refractivity contribution in [3.8, 4) is 5.75 Å². The van der Waals surface area contributed by atoms with Crippen molar-refractivity contribution in [1.82, 2.24) is 0 Å². The maximum Gasteiger partial charge on any atom is 0.355 e. The van der Waals surface area contributed by atoms with Gasteiger partial charge in [-0.15, -0.1) is 11.3 Å². The van der Waals surface area contributed by atoms with Gasteiger partial charge in [0.15, 0.2) is 11.9 Å². The number of thiophene rings is 1. The van der Waals surface area contributed by atoms with Gasteiger partial charge in [0.2, 0.25) is 7.37 Å². The summed E-state index contributed by atoms with van der Waals surface area (Å²) >= 11 is 1.46. The standard InChI is InChI=1S/C22H22NO5PS/c1-14-8-9-20-17(12-14)18(13-30-20)21(29(3,26)27)22(25)23-11-10-16-6-4-5-7-19(16)28-15(2)24/h4-13,21H,1-3H3,(H,23,25)(H,26,27)/p+1/b11-10+. The van der Waals surface area contributed by atoms with Crippen molar-refractivity contribution in [2.24, 2.45) is 0 Å². The monoisotopic (exact) mass is 444 g/mol. The van der Waals surface area contributed by atoms with Crippen LogP contribution in [0.1, 0.15) is 29.3 Å². The first-order chi connectivity index (χ1) is 14.2. The van der Waals surface area contributed by atoms with Gasteiger partial charge in [0.25, 0.3) is 0 Å². The molecular formula is C22H23NO5PS+. The van der Waals surface area contributed by atoms with Crippen LogP contribution < -0.4 is 9.73 Å². The normalized spacial score (nSPS) is 15.3. The van der Waals surface area contributed by atoms with Crippen molar-refractivity contribution >= 4 is 46.7 Å². The van der Waals surface area contributed by atoms with Crippen molar-refractivity contribution in [2.75, 3.05) is 6.66 Å². The number of benzene rings is 2. The summed E-state index contributed by atoms with van der Waals surface area (Å²) in [6.45, 7) is 4.50. The van der Waals surface area contributed by atoms with Crippen LogP contribution in [-0.2, 0) is 9.36 Å². The summed E-state index contributed by atoms with van der Waals surface area (Å²) < 4.78 is 18.8. The number of hydrogen-bond donors (Lipinski definition) is 3. The van der Waals surface area contributed by atoms with E-state index in [9.17, 15) is 19.4 Å². The van der Waals surface area contributed by atoms with Gasteiger partial charge in [0.1, 0.15) is 5.75 Å². The quantitative estimate of drug-likeness (QED) is 0.177. The minimum atomic E-state index is -3.73.